The number of hydrogen-bond acceptors (Lipinski definition) is 3. The molecule has 1 amide bonds. The fraction of sp³-hybridized carbons (Fsp3) is 0.263. The zero-order valence-corrected chi connectivity index (χ0v) is 15.8. The Hall–Kier alpha value is -1.98. The van der Waals surface area contributed by atoms with Crippen molar-refractivity contribution in [1.29, 1.82) is 0 Å². The van der Waals surface area contributed by atoms with Crippen LogP contribution < -0.4 is 0 Å². The van der Waals surface area contributed by atoms with Gasteiger partial charge in [0.2, 0.25) is 5.91 Å². The molecule has 0 fully saturated rings. The summed E-state index contributed by atoms with van der Waals surface area (Å²) in [6, 6.07) is 15.5. The lowest BCUT2D eigenvalue weighted by molar-refractivity contribution is -0.127. The van der Waals surface area contributed by atoms with Gasteiger partial charge in [0.25, 0.3) is 0 Å². The molecule has 6 heteroatoms. The molecule has 1 heterocycles. The Bertz CT molecular complexity index is 829. The molecular weight excluding hydrogens is 354 g/mol. The van der Waals surface area contributed by atoms with Gasteiger partial charge in [-0.3, -0.25) is 4.79 Å². The van der Waals surface area contributed by atoms with Crippen molar-refractivity contribution in [1.82, 2.24) is 14.9 Å². The van der Waals surface area contributed by atoms with Gasteiger partial charge in [-0.1, -0.05) is 35.9 Å². The van der Waals surface area contributed by atoms with Crippen LogP contribution in [0.1, 0.15) is 23.6 Å². The van der Waals surface area contributed by atoms with Crippen molar-refractivity contribution in [2.24, 2.45) is 0 Å². The van der Waals surface area contributed by atoms with Gasteiger partial charge in [-0.25, -0.2) is 4.98 Å². The van der Waals surface area contributed by atoms with E-state index < -0.39 is 0 Å². The first kappa shape index (κ1) is 17.8. The third-order valence-corrected chi connectivity index (χ3v) is 5.40. The summed E-state index contributed by atoms with van der Waals surface area (Å²) in [5.41, 5.74) is 3.04. The number of rotatable bonds is 6. The van der Waals surface area contributed by atoms with Gasteiger partial charge < -0.3 is 9.88 Å². The normalized spacial score (nSPS) is 12.3. The summed E-state index contributed by atoms with van der Waals surface area (Å²) >= 11 is 7.48. The van der Waals surface area contributed by atoms with Gasteiger partial charge in [-0.05, 0) is 36.8 Å². The fourth-order valence-electron chi connectivity index (χ4n) is 2.50. The quantitative estimate of drug-likeness (QED) is 0.683. The average molecular weight is 374 g/mol. The molecule has 3 rings (SSSR count). The second-order valence-corrected chi connectivity index (χ2v) is 7.73. The summed E-state index contributed by atoms with van der Waals surface area (Å²) in [4.78, 5) is 22.0. The number of thioether (sulfide) groups is 1. The molecule has 1 N–H and O–H groups in total. The Labute approximate surface area is 156 Å². The van der Waals surface area contributed by atoms with Gasteiger partial charge in [0.1, 0.15) is 5.82 Å². The molecule has 0 aliphatic heterocycles. The summed E-state index contributed by atoms with van der Waals surface area (Å²) < 4.78 is 0. The smallest absolute Gasteiger partial charge is 0.232 e. The molecule has 1 unspecified atom stereocenters. The van der Waals surface area contributed by atoms with Crippen molar-refractivity contribution >= 4 is 40.3 Å². The van der Waals surface area contributed by atoms with Gasteiger partial charge in [0, 0.05) is 18.6 Å². The van der Waals surface area contributed by atoms with Crippen molar-refractivity contribution in [2.75, 3.05) is 12.8 Å². The molecule has 1 atom stereocenters. The van der Waals surface area contributed by atoms with Crippen LogP contribution in [-0.2, 0) is 11.3 Å². The van der Waals surface area contributed by atoms with Crippen LogP contribution in [-0.4, -0.2) is 33.6 Å². The van der Waals surface area contributed by atoms with Gasteiger partial charge >= 0.3 is 0 Å². The van der Waals surface area contributed by atoms with E-state index in [1.54, 1.807) is 16.7 Å². The number of nitrogens with zero attached hydrogens (tertiary/aromatic N) is 2. The van der Waals surface area contributed by atoms with Crippen LogP contribution in [0.3, 0.4) is 0 Å². The lowest BCUT2D eigenvalue weighted by Gasteiger charge is -2.18. The molecule has 0 aliphatic rings. The number of hydrogen-bond donors (Lipinski definition) is 1. The lowest BCUT2D eigenvalue weighted by atomic mass is 10.2. The number of benzene rings is 2. The van der Waals surface area contributed by atoms with Gasteiger partial charge in [-0.15, -0.1) is 11.8 Å². The zero-order valence-electron chi connectivity index (χ0n) is 14.2. The minimum absolute atomic E-state index is 0.0999. The predicted octanol–water partition coefficient (Wildman–Crippen LogP) is 4.67. The highest BCUT2D eigenvalue weighted by Gasteiger charge is 2.15. The van der Waals surface area contributed by atoms with Crippen molar-refractivity contribution < 1.29 is 4.79 Å². The number of halogens is 1. The fourth-order valence-corrected chi connectivity index (χ4v) is 3.51. The van der Waals surface area contributed by atoms with Crippen molar-refractivity contribution in [2.45, 2.75) is 18.7 Å². The molecular formula is C19H20ClN3OS. The van der Waals surface area contributed by atoms with Crippen molar-refractivity contribution in [3.8, 4) is 0 Å². The third kappa shape index (κ3) is 4.55. The highest BCUT2D eigenvalue weighted by molar-refractivity contribution is 8.00. The minimum Gasteiger partial charge on any atom is -0.341 e. The topological polar surface area (TPSA) is 49.0 Å². The van der Waals surface area contributed by atoms with E-state index in [9.17, 15) is 4.79 Å². The molecule has 0 bridgehead atoms. The second-order valence-electron chi connectivity index (χ2n) is 5.97. The van der Waals surface area contributed by atoms with Crippen LogP contribution in [0.4, 0.5) is 0 Å². The van der Waals surface area contributed by atoms with Crippen LogP contribution in [0.15, 0.2) is 48.5 Å². The summed E-state index contributed by atoms with van der Waals surface area (Å²) in [5.74, 6) is 1.42. The van der Waals surface area contributed by atoms with Crippen molar-refractivity contribution in [3.05, 3.63) is 64.9 Å². The monoisotopic (exact) mass is 373 g/mol. The lowest BCUT2D eigenvalue weighted by Crippen LogP contribution is -2.28. The van der Waals surface area contributed by atoms with Crippen LogP contribution in [0.5, 0.6) is 0 Å². The number of fused-ring (bicyclic) bond motifs is 1. The molecule has 0 saturated carbocycles. The number of H-pyrrole nitrogens is 1. The Morgan fingerprint density at radius 2 is 1.96 bits per heavy atom. The van der Waals surface area contributed by atoms with Gasteiger partial charge in [-0.2, -0.15) is 0 Å². The summed E-state index contributed by atoms with van der Waals surface area (Å²) in [6.45, 7) is 2.64. The van der Waals surface area contributed by atoms with Crippen LogP contribution in [0, 0.1) is 0 Å². The largest absolute Gasteiger partial charge is 0.341 e. The molecule has 3 aromatic rings. The van der Waals surface area contributed by atoms with Gasteiger partial charge in [0.05, 0.1) is 22.0 Å². The maximum atomic E-state index is 12.4. The molecule has 0 saturated heterocycles. The van der Waals surface area contributed by atoms with E-state index in [1.165, 1.54) is 0 Å². The molecule has 25 heavy (non-hydrogen) atoms. The summed E-state index contributed by atoms with van der Waals surface area (Å²) in [5, 5.41) is 0.827. The third-order valence-electron chi connectivity index (χ3n) is 4.01. The van der Waals surface area contributed by atoms with Crippen molar-refractivity contribution in [3.63, 3.8) is 0 Å². The maximum absolute atomic E-state index is 12.4. The number of imidazole rings is 1. The molecule has 0 aliphatic carbocycles. The number of aromatic amines is 1. The number of para-hydroxylation sites is 2. The first-order valence-electron chi connectivity index (χ1n) is 8.07. The molecule has 0 radical (unpaired) electrons. The SMILES string of the molecule is CC(SCC(=O)N(C)Cc1ccc(Cl)cc1)c1nc2ccccc2[nH]1. The predicted molar refractivity (Wildman–Crippen MR) is 105 cm³/mol. The molecule has 2 aromatic carbocycles. The van der Waals surface area contributed by atoms with Crippen LogP contribution in [0.25, 0.3) is 11.0 Å². The Kier molecular flexibility index (Phi) is 5.66. The van der Waals surface area contributed by atoms with E-state index in [0.717, 1.165) is 22.4 Å². The Morgan fingerprint density at radius 3 is 2.68 bits per heavy atom. The summed E-state index contributed by atoms with van der Waals surface area (Å²) in [7, 11) is 1.82. The first-order valence-corrected chi connectivity index (χ1v) is 9.50. The number of nitrogens with one attached hydrogen (secondary N) is 1. The van der Waals surface area contributed by atoms with E-state index >= 15 is 0 Å². The van der Waals surface area contributed by atoms with E-state index in [1.807, 2.05) is 55.6 Å². The highest BCUT2D eigenvalue weighted by atomic mass is 35.5. The average Bonchev–Trinajstić information content (AvgIpc) is 3.05. The van der Waals surface area contributed by atoms with Gasteiger partial charge in [0.15, 0.2) is 0 Å². The standard InChI is InChI=1S/C19H20ClN3OS/c1-13(19-21-16-5-3-4-6-17(16)22-19)25-12-18(24)23(2)11-14-7-9-15(20)10-8-14/h3-10,13H,11-12H2,1-2H3,(H,21,22). The second kappa shape index (κ2) is 7.93. The Balaban J connectivity index is 1.54. The molecule has 4 nitrogen and oxygen atoms in total. The van der Waals surface area contributed by atoms with Crippen LogP contribution in [0.2, 0.25) is 5.02 Å². The number of carbonyl (C=O) groups excluding carboxylic acids is 1. The maximum Gasteiger partial charge on any atom is 0.232 e. The summed E-state index contributed by atoms with van der Waals surface area (Å²) in [6.07, 6.45) is 0. The van der Waals surface area contributed by atoms with E-state index in [0.29, 0.717) is 17.3 Å². The van der Waals surface area contributed by atoms with E-state index in [4.69, 9.17) is 11.6 Å². The van der Waals surface area contributed by atoms with E-state index in [-0.39, 0.29) is 11.2 Å². The molecule has 0 spiro atoms. The number of amides is 1. The Morgan fingerprint density at radius 1 is 1.24 bits per heavy atom. The first-order chi connectivity index (χ1) is 12.0. The molecule has 130 valence electrons. The number of carbonyl (C=O) groups is 1. The number of aromatic nitrogens is 2. The molecule has 1 aromatic heterocycles. The minimum atomic E-state index is 0.0999. The highest BCUT2D eigenvalue weighted by Crippen LogP contribution is 2.27. The zero-order chi connectivity index (χ0) is 17.8. The van der Waals surface area contributed by atoms with Crippen LogP contribution >= 0.6 is 23.4 Å². The van der Waals surface area contributed by atoms with E-state index in [2.05, 4.69) is 16.9 Å².